The predicted octanol–water partition coefficient (Wildman–Crippen LogP) is 6.83. The first kappa shape index (κ1) is 24.3. The lowest BCUT2D eigenvalue weighted by molar-refractivity contribution is 0.00909. The molecule has 0 saturated heterocycles. The lowest BCUT2D eigenvalue weighted by Gasteiger charge is -2.57. The third kappa shape index (κ3) is 3.66. The summed E-state index contributed by atoms with van der Waals surface area (Å²) in [7, 11) is 0. The molecule has 0 aromatic heterocycles. The van der Waals surface area contributed by atoms with Crippen molar-refractivity contribution in [3.8, 4) is 0 Å². The van der Waals surface area contributed by atoms with Crippen molar-refractivity contribution in [1.82, 2.24) is 0 Å². The van der Waals surface area contributed by atoms with Crippen molar-refractivity contribution in [2.45, 2.75) is 72.6 Å². The Morgan fingerprint density at radius 3 is 2.50 bits per heavy atom. The minimum absolute atomic E-state index is 0.211. The topological polar surface area (TPSA) is 40.5 Å². The van der Waals surface area contributed by atoms with Crippen LogP contribution in [-0.2, 0) is 6.42 Å². The van der Waals surface area contributed by atoms with Gasteiger partial charge in [-0.15, -0.1) is 0 Å². The molecule has 1 spiro atoms. The molecule has 3 fully saturated rings. The number of benzene rings is 1. The van der Waals surface area contributed by atoms with Crippen molar-refractivity contribution in [2.24, 2.45) is 51.8 Å². The van der Waals surface area contributed by atoms with Crippen LogP contribution in [-0.4, -0.2) is 23.4 Å². The van der Waals surface area contributed by atoms with Crippen LogP contribution in [0.15, 0.2) is 54.1 Å². The lowest BCUT2D eigenvalue weighted by Crippen LogP contribution is -2.49. The van der Waals surface area contributed by atoms with E-state index in [0.29, 0.717) is 47.5 Å². The summed E-state index contributed by atoms with van der Waals surface area (Å²) in [6.07, 6.45) is 10.6. The first-order chi connectivity index (χ1) is 16.2. The molecule has 2 heteroatoms. The maximum atomic E-state index is 10.2. The molecule has 0 heterocycles. The van der Waals surface area contributed by atoms with Crippen molar-refractivity contribution in [3.05, 3.63) is 59.7 Å². The molecule has 3 saturated carbocycles. The summed E-state index contributed by atoms with van der Waals surface area (Å²) in [4.78, 5) is 0. The molecule has 0 bridgehead atoms. The number of allylic oxidation sites excluding steroid dienone is 3. The SMILES string of the molecule is C=C1C=C2C3(CCC(CC(CO)Cc4ccccc4)C3)CC(CCO)C(C)C2(C)C2C1C2(C)C. The Morgan fingerprint density at radius 1 is 1.09 bits per heavy atom. The normalized spacial score (nSPS) is 41.1. The lowest BCUT2D eigenvalue weighted by atomic mass is 9.47. The van der Waals surface area contributed by atoms with Gasteiger partial charge in [-0.05, 0) is 102 Å². The van der Waals surface area contributed by atoms with E-state index in [9.17, 15) is 10.2 Å². The summed E-state index contributed by atoms with van der Waals surface area (Å²) in [6, 6.07) is 10.7. The van der Waals surface area contributed by atoms with Crippen molar-refractivity contribution < 1.29 is 10.2 Å². The van der Waals surface area contributed by atoms with Gasteiger partial charge in [0.15, 0.2) is 0 Å². The number of aliphatic hydroxyl groups excluding tert-OH is 2. The molecule has 8 unspecified atom stereocenters. The molecule has 2 N–H and O–H groups in total. The fourth-order valence-corrected chi connectivity index (χ4v) is 9.61. The van der Waals surface area contributed by atoms with Crippen LogP contribution in [0.25, 0.3) is 0 Å². The molecule has 1 aromatic rings. The maximum absolute atomic E-state index is 10.2. The van der Waals surface area contributed by atoms with Crippen LogP contribution in [0, 0.1) is 51.8 Å². The van der Waals surface area contributed by atoms with E-state index >= 15 is 0 Å². The Bertz CT molecular complexity index is 945. The second-order valence-corrected chi connectivity index (χ2v) is 13.3. The molecule has 1 aromatic carbocycles. The number of fused-ring (bicyclic) bond motifs is 4. The van der Waals surface area contributed by atoms with Crippen LogP contribution < -0.4 is 0 Å². The molecular formula is C32H46O2. The van der Waals surface area contributed by atoms with E-state index in [4.69, 9.17) is 0 Å². The third-order valence-corrected chi connectivity index (χ3v) is 11.2. The Morgan fingerprint density at radius 2 is 1.82 bits per heavy atom. The summed E-state index contributed by atoms with van der Waals surface area (Å²) in [5, 5.41) is 20.2. The van der Waals surface area contributed by atoms with Crippen LogP contribution in [0.5, 0.6) is 0 Å². The van der Waals surface area contributed by atoms with Gasteiger partial charge in [-0.25, -0.2) is 0 Å². The van der Waals surface area contributed by atoms with E-state index in [1.807, 2.05) is 0 Å². The molecular weight excluding hydrogens is 416 g/mol. The molecule has 34 heavy (non-hydrogen) atoms. The smallest absolute Gasteiger partial charge is 0.0462 e. The summed E-state index contributed by atoms with van der Waals surface area (Å²) < 4.78 is 0. The van der Waals surface area contributed by atoms with Gasteiger partial charge in [0.2, 0.25) is 0 Å². The highest BCUT2D eigenvalue weighted by atomic mass is 16.3. The minimum atomic E-state index is 0.211. The van der Waals surface area contributed by atoms with Gasteiger partial charge < -0.3 is 10.2 Å². The zero-order valence-electron chi connectivity index (χ0n) is 21.9. The second kappa shape index (κ2) is 8.63. The van der Waals surface area contributed by atoms with Crippen molar-refractivity contribution in [2.75, 3.05) is 13.2 Å². The van der Waals surface area contributed by atoms with Crippen LogP contribution in [0.3, 0.4) is 0 Å². The van der Waals surface area contributed by atoms with Crippen molar-refractivity contribution in [3.63, 3.8) is 0 Å². The molecule has 0 amide bonds. The van der Waals surface area contributed by atoms with Gasteiger partial charge in [-0.3, -0.25) is 0 Å². The monoisotopic (exact) mass is 462 g/mol. The molecule has 2 nitrogen and oxygen atoms in total. The van der Waals surface area contributed by atoms with E-state index in [1.54, 1.807) is 5.57 Å². The van der Waals surface area contributed by atoms with Gasteiger partial charge in [0.1, 0.15) is 0 Å². The molecule has 4 aliphatic rings. The highest BCUT2D eigenvalue weighted by Gasteiger charge is 2.72. The largest absolute Gasteiger partial charge is 0.396 e. The summed E-state index contributed by atoms with van der Waals surface area (Å²) in [5.41, 5.74) is 5.22. The zero-order valence-corrected chi connectivity index (χ0v) is 21.9. The Balaban J connectivity index is 1.41. The van der Waals surface area contributed by atoms with Gasteiger partial charge >= 0.3 is 0 Å². The van der Waals surface area contributed by atoms with E-state index in [-0.39, 0.29) is 17.4 Å². The number of hydrogen-bond acceptors (Lipinski definition) is 2. The Labute approximate surface area is 207 Å². The quantitative estimate of drug-likeness (QED) is 0.466. The van der Waals surface area contributed by atoms with E-state index < -0.39 is 0 Å². The standard InChI is InChI=1S/C32H46O2/c1-21-15-27-31(5,29-28(21)30(29,3)4)22(2)26(12-14-33)19-32(27)13-11-24(18-32)17-25(20-34)16-23-9-7-6-8-10-23/h6-10,15,22,24-26,28-29,33-34H,1,11-14,16-20H2,2-5H3. The highest BCUT2D eigenvalue weighted by Crippen LogP contribution is 2.79. The van der Waals surface area contributed by atoms with Gasteiger partial charge in [0.25, 0.3) is 0 Å². The Hall–Kier alpha value is -1.38. The number of aliphatic hydroxyl groups is 2. The minimum Gasteiger partial charge on any atom is -0.396 e. The fourth-order valence-electron chi connectivity index (χ4n) is 9.61. The van der Waals surface area contributed by atoms with Crippen LogP contribution >= 0.6 is 0 Å². The van der Waals surface area contributed by atoms with E-state index in [0.717, 1.165) is 19.3 Å². The molecule has 0 aliphatic heterocycles. The van der Waals surface area contributed by atoms with Crippen LogP contribution in [0.1, 0.15) is 71.8 Å². The molecule has 8 atom stereocenters. The summed E-state index contributed by atoms with van der Waals surface area (Å²) in [5.74, 6) is 3.51. The highest BCUT2D eigenvalue weighted by molar-refractivity contribution is 5.48. The fraction of sp³-hybridized carbons (Fsp3) is 0.688. The maximum Gasteiger partial charge on any atom is 0.0462 e. The Kier molecular flexibility index (Phi) is 6.17. The third-order valence-electron chi connectivity index (χ3n) is 11.2. The zero-order chi connectivity index (χ0) is 24.3. The average Bonchev–Trinajstić information content (AvgIpc) is 3.20. The van der Waals surface area contributed by atoms with E-state index in [2.05, 4.69) is 70.7 Å². The first-order valence-corrected chi connectivity index (χ1v) is 13.8. The van der Waals surface area contributed by atoms with Crippen LogP contribution in [0.4, 0.5) is 0 Å². The average molecular weight is 463 g/mol. The number of hydrogen-bond donors (Lipinski definition) is 2. The summed E-state index contributed by atoms with van der Waals surface area (Å²) in [6.45, 7) is 15.1. The molecule has 0 radical (unpaired) electrons. The first-order valence-electron chi connectivity index (χ1n) is 13.8. The molecule has 4 aliphatic carbocycles. The van der Waals surface area contributed by atoms with Gasteiger partial charge in [-0.2, -0.15) is 0 Å². The van der Waals surface area contributed by atoms with Gasteiger partial charge in [0, 0.05) is 13.2 Å². The second-order valence-electron chi connectivity index (χ2n) is 13.3. The molecule has 5 rings (SSSR count). The van der Waals surface area contributed by atoms with Gasteiger partial charge in [-0.1, -0.05) is 81.8 Å². The predicted molar refractivity (Wildman–Crippen MR) is 140 cm³/mol. The van der Waals surface area contributed by atoms with Gasteiger partial charge in [0.05, 0.1) is 0 Å². The summed E-state index contributed by atoms with van der Waals surface area (Å²) >= 11 is 0. The van der Waals surface area contributed by atoms with Crippen molar-refractivity contribution in [1.29, 1.82) is 0 Å². The van der Waals surface area contributed by atoms with Crippen LogP contribution in [0.2, 0.25) is 0 Å². The number of rotatable bonds is 7. The van der Waals surface area contributed by atoms with E-state index in [1.165, 1.54) is 36.8 Å². The molecule has 186 valence electrons. The van der Waals surface area contributed by atoms with Crippen molar-refractivity contribution >= 4 is 0 Å².